The summed E-state index contributed by atoms with van der Waals surface area (Å²) in [5, 5.41) is 33.4. The van der Waals surface area contributed by atoms with Crippen LogP contribution in [-0.4, -0.2) is 87.3 Å². The van der Waals surface area contributed by atoms with E-state index in [-0.39, 0.29) is 60.7 Å². The van der Waals surface area contributed by atoms with Gasteiger partial charge in [0.15, 0.2) is 0 Å². The van der Waals surface area contributed by atoms with Crippen molar-refractivity contribution in [1.82, 2.24) is 5.32 Å². The number of aliphatic carboxylic acids is 1. The normalized spacial score (nSPS) is 33.7. The number of alkyl halides is 1. The van der Waals surface area contributed by atoms with E-state index in [0.717, 1.165) is 12.0 Å². The average molecular weight is 600 g/mol. The van der Waals surface area contributed by atoms with E-state index in [4.69, 9.17) is 30.9 Å². The Morgan fingerprint density at radius 3 is 2.46 bits per heavy atom. The molecular weight excluding hydrogens is 554 g/mol. The molecule has 0 bridgehead atoms. The van der Waals surface area contributed by atoms with Crippen LogP contribution in [-0.2, 0) is 28.6 Å². The van der Waals surface area contributed by atoms with Crippen molar-refractivity contribution in [2.45, 2.75) is 115 Å². The van der Waals surface area contributed by atoms with Gasteiger partial charge < -0.3 is 34.8 Å². The molecular formula is C30H46ClNO9. The number of carbonyl (C=O) groups is 3. The number of aliphatic hydroxyl groups is 2. The lowest BCUT2D eigenvalue weighted by molar-refractivity contribution is -0.197. The average Bonchev–Trinajstić information content (AvgIpc) is 2.89. The molecule has 0 radical (unpaired) electrons. The van der Waals surface area contributed by atoms with Crippen molar-refractivity contribution in [3.63, 3.8) is 0 Å². The van der Waals surface area contributed by atoms with E-state index >= 15 is 0 Å². The molecule has 4 N–H and O–H groups in total. The van der Waals surface area contributed by atoms with Gasteiger partial charge in [-0.05, 0) is 45.6 Å². The first-order valence-electron chi connectivity index (χ1n) is 14.2. The Balaban J connectivity index is 1.91. The number of carbonyl (C=O) groups excluding carboxylic acids is 2. The number of carboxylic acid groups (broad SMARTS) is 1. The first-order valence-corrected chi connectivity index (χ1v) is 14.7. The van der Waals surface area contributed by atoms with Crippen molar-refractivity contribution in [1.29, 1.82) is 0 Å². The molecule has 2 saturated heterocycles. The van der Waals surface area contributed by atoms with Crippen LogP contribution in [0.1, 0.15) is 67.2 Å². The predicted octanol–water partition coefficient (Wildman–Crippen LogP) is 3.28. The molecule has 0 aromatic carbocycles. The third-order valence-electron chi connectivity index (χ3n) is 7.48. The second-order valence-electron chi connectivity index (χ2n) is 11.6. The Morgan fingerprint density at radius 2 is 1.85 bits per heavy atom. The fourth-order valence-corrected chi connectivity index (χ4v) is 5.17. The lowest BCUT2D eigenvalue weighted by Gasteiger charge is -2.43. The maximum atomic E-state index is 12.5. The number of esters is 1. The summed E-state index contributed by atoms with van der Waals surface area (Å²) in [5.74, 6) is -1.97. The zero-order valence-electron chi connectivity index (χ0n) is 24.8. The molecule has 2 aliphatic heterocycles. The lowest BCUT2D eigenvalue weighted by atomic mass is 9.84. The molecule has 1 unspecified atom stereocenters. The van der Waals surface area contributed by atoms with Gasteiger partial charge in [0.25, 0.3) is 0 Å². The van der Waals surface area contributed by atoms with Gasteiger partial charge >= 0.3 is 11.9 Å². The molecule has 0 aromatic heterocycles. The van der Waals surface area contributed by atoms with Gasteiger partial charge in [0.05, 0.1) is 42.6 Å². The van der Waals surface area contributed by atoms with E-state index in [1.54, 1.807) is 39.0 Å². The molecule has 41 heavy (non-hydrogen) atoms. The maximum absolute atomic E-state index is 12.5. The Labute approximate surface area is 247 Å². The molecule has 2 rings (SSSR count). The minimum absolute atomic E-state index is 0.0645. The monoisotopic (exact) mass is 599 g/mol. The minimum Gasteiger partial charge on any atom is -0.481 e. The van der Waals surface area contributed by atoms with Gasteiger partial charge in [-0.1, -0.05) is 44.6 Å². The highest BCUT2D eigenvalue weighted by Gasteiger charge is 2.47. The summed E-state index contributed by atoms with van der Waals surface area (Å²) >= 11 is 5.89. The number of amides is 1. The van der Waals surface area contributed by atoms with Crippen LogP contribution in [0.3, 0.4) is 0 Å². The van der Waals surface area contributed by atoms with Gasteiger partial charge in [0, 0.05) is 12.5 Å². The van der Waals surface area contributed by atoms with Crippen LogP contribution in [0.4, 0.5) is 0 Å². The summed E-state index contributed by atoms with van der Waals surface area (Å²) in [6.07, 6.45) is 5.55. The number of nitrogens with one attached hydrogen (secondary N) is 1. The van der Waals surface area contributed by atoms with E-state index in [9.17, 15) is 24.6 Å². The molecule has 0 aromatic rings. The Morgan fingerprint density at radius 1 is 1.17 bits per heavy atom. The van der Waals surface area contributed by atoms with Crippen molar-refractivity contribution >= 4 is 29.4 Å². The van der Waals surface area contributed by atoms with Crippen LogP contribution in [0.5, 0.6) is 0 Å². The van der Waals surface area contributed by atoms with E-state index in [1.165, 1.54) is 6.08 Å². The predicted molar refractivity (Wildman–Crippen MR) is 154 cm³/mol. The zero-order chi connectivity index (χ0) is 30.9. The lowest BCUT2D eigenvalue weighted by Crippen LogP contribution is -2.58. The molecule has 0 aliphatic carbocycles. The minimum atomic E-state index is -1.64. The van der Waals surface area contributed by atoms with Crippen LogP contribution in [0.25, 0.3) is 0 Å². The number of halogens is 1. The van der Waals surface area contributed by atoms with Crippen LogP contribution in [0.2, 0.25) is 0 Å². The zero-order valence-corrected chi connectivity index (χ0v) is 25.5. The second-order valence-corrected chi connectivity index (χ2v) is 11.9. The van der Waals surface area contributed by atoms with Gasteiger partial charge in [-0.3, -0.25) is 14.4 Å². The number of rotatable bonds is 12. The van der Waals surface area contributed by atoms with E-state index in [0.29, 0.717) is 6.42 Å². The molecule has 11 heteroatoms. The quantitative estimate of drug-likeness (QED) is 0.115. The van der Waals surface area contributed by atoms with Gasteiger partial charge in [0.1, 0.15) is 23.9 Å². The van der Waals surface area contributed by atoms with Crippen LogP contribution in [0.15, 0.2) is 36.0 Å². The van der Waals surface area contributed by atoms with E-state index < -0.39 is 36.0 Å². The summed E-state index contributed by atoms with van der Waals surface area (Å²) in [5.41, 5.74) is -0.763. The maximum Gasteiger partial charge on any atom is 0.308 e. The highest BCUT2D eigenvalue weighted by atomic mass is 35.5. The smallest absolute Gasteiger partial charge is 0.308 e. The fourth-order valence-electron chi connectivity index (χ4n) is 4.91. The number of ether oxygens (including phenoxy) is 3. The summed E-state index contributed by atoms with van der Waals surface area (Å²) in [6, 6.07) is -0.165. The number of hydrogen-bond acceptors (Lipinski definition) is 8. The van der Waals surface area contributed by atoms with Crippen molar-refractivity contribution in [2.75, 3.05) is 5.88 Å². The number of carboxylic acids is 1. The third-order valence-corrected chi connectivity index (χ3v) is 7.95. The van der Waals surface area contributed by atoms with Crippen LogP contribution < -0.4 is 5.32 Å². The standard InChI is InChI=1S/C30H46ClNO9/c1-17(2)29(37)39-20(5)9-12-26(33)32-23-13-19(4)24(40-21(23)6)10-7-18(3)8-11-25-28(36)30(38,16-31)15-22(41-25)14-27(34)35/h7-9,11-12,17,19-25,28,36,38H,10,13-16H2,1-6H3,(H,32,33)(H,34,35)/b11-8+,12-9+,18-7+/t19-,20?,21+,22+,23+,24-,25+,28+,30+/m0/s1. The van der Waals surface area contributed by atoms with Crippen LogP contribution in [0, 0.1) is 11.8 Å². The second kappa shape index (κ2) is 15.8. The number of allylic oxidation sites excluding steroid dienone is 2. The topological polar surface area (TPSA) is 152 Å². The van der Waals surface area contributed by atoms with Crippen molar-refractivity contribution in [2.24, 2.45) is 11.8 Å². The highest BCUT2D eigenvalue weighted by molar-refractivity contribution is 6.18. The Hall–Kier alpha value is -2.24. The van der Waals surface area contributed by atoms with Gasteiger partial charge in [-0.2, -0.15) is 0 Å². The van der Waals surface area contributed by atoms with E-state index in [1.807, 2.05) is 19.9 Å². The SMILES string of the molecule is CC(/C=C/[C@H]1O[C@H](CC(=O)O)C[C@@](O)(CCl)[C@@H]1O)=C\C[C@@H]1O[C@H](C)[C@H](NC(=O)/C=C/C(C)OC(=O)C(C)C)C[C@@H]1C. The summed E-state index contributed by atoms with van der Waals surface area (Å²) in [6.45, 7) is 11.1. The molecule has 2 aliphatic rings. The number of aliphatic hydroxyl groups excluding tert-OH is 1. The van der Waals surface area contributed by atoms with Crippen molar-refractivity contribution < 1.29 is 43.9 Å². The first kappa shape index (κ1) is 35.0. The highest BCUT2D eigenvalue weighted by Crippen LogP contribution is 2.33. The van der Waals surface area contributed by atoms with Crippen LogP contribution >= 0.6 is 11.6 Å². The molecule has 0 spiro atoms. The Bertz CT molecular complexity index is 996. The van der Waals surface area contributed by atoms with E-state index in [2.05, 4.69) is 12.2 Å². The first-order chi connectivity index (χ1) is 19.1. The number of hydrogen-bond donors (Lipinski definition) is 4. The molecule has 10 nitrogen and oxygen atoms in total. The molecule has 1 amide bonds. The summed E-state index contributed by atoms with van der Waals surface area (Å²) < 4.78 is 17.2. The summed E-state index contributed by atoms with van der Waals surface area (Å²) in [4.78, 5) is 35.3. The van der Waals surface area contributed by atoms with Crippen molar-refractivity contribution in [3.8, 4) is 0 Å². The molecule has 232 valence electrons. The summed E-state index contributed by atoms with van der Waals surface area (Å²) in [7, 11) is 0. The third kappa shape index (κ3) is 10.8. The molecule has 2 heterocycles. The largest absolute Gasteiger partial charge is 0.481 e. The van der Waals surface area contributed by atoms with Gasteiger partial charge in [-0.15, -0.1) is 11.6 Å². The molecule has 9 atom stereocenters. The Kier molecular flexibility index (Phi) is 13.5. The van der Waals surface area contributed by atoms with Gasteiger partial charge in [-0.25, -0.2) is 0 Å². The molecule has 0 saturated carbocycles. The van der Waals surface area contributed by atoms with Crippen molar-refractivity contribution in [3.05, 3.63) is 36.0 Å². The fraction of sp³-hybridized carbons (Fsp3) is 0.700. The van der Waals surface area contributed by atoms with Gasteiger partial charge in [0.2, 0.25) is 5.91 Å². The molecule has 2 fully saturated rings.